The fraction of sp³-hybridized carbons (Fsp3) is 0. The summed E-state index contributed by atoms with van der Waals surface area (Å²) in [5.41, 5.74) is 5.79. The molecular formula is C9H5Br2FN2O. The number of benzene rings is 1. The van der Waals surface area contributed by atoms with Gasteiger partial charge in [-0.3, -0.25) is 0 Å². The van der Waals surface area contributed by atoms with Crippen molar-refractivity contribution in [2.24, 2.45) is 0 Å². The summed E-state index contributed by atoms with van der Waals surface area (Å²) < 4.78 is 19.4. The zero-order chi connectivity index (χ0) is 11.0. The Morgan fingerprint density at radius 1 is 1.33 bits per heavy atom. The third kappa shape index (κ3) is 1.79. The van der Waals surface area contributed by atoms with Crippen molar-refractivity contribution in [3.8, 4) is 11.3 Å². The molecule has 0 atom stereocenters. The van der Waals surface area contributed by atoms with Gasteiger partial charge in [0.05, 0.1) is 10.0 Å². The second kappa shape index (κ2) is 3.94. The lowest BCUT2D eigenvalue weighted by atomic mass is 10.1. The van der Waals surface area contributed by atoms with Crippen molar-refractivity contribution in [3.63, 3.8) is 0 Å². The summed E-state index contributed by atoms with van der Waals surface area (Å²) in [5.74, 6) is 0.0741. The molecule has 2 rings (SSSR count). The monoisotopic (exact) mass is 334 g/mol. The summed E-state index contributed by atoms with van der Waals surface area (Å²) in [5, 5.41) is 3.54. The molecule has 2 N–H and O–H groups in total. The molecule has 1 aromatic carbocycles. The molecule has 1 heterocycles. The predicted molar refractivity (Wildman–Crippen MR) is 61.7 cm³/mol. The lowest BCUT2D eigenvalue weighted by Gasteiger charge is -2.00. The van der Waals surface area contributed by atoms with Gasteiger partial charge < -0.3 is 10.3 Å². The van der Waals surface area contributed by atoms with Crippen LogP contribution in [0.3, 0.4) is 0 Å². The van der Waals surface area contributed by atoms with Crippen LogP contribution < -0.4 is 5.73 Å². The molecule has 1 aromatic heterocycles. The zero-order valence-electron chi connectivity index (χ0n) is 7.30. The first kappa shape index (κ1) is 10.6. The number of hydrogen-bond acceptors (Lipinski definition) is 3. The molecule has 78 valence electrons. The smallest absolute Gasteiger partial charge is 0.186 e. The summed E-state index contributed by atoms with van der Waals surface area (Å²) in [6, 6.07) is 4.89. The molecule has 0 bridgehead atoms. The SMILES string of the molecule is Nc1noc(-c2cccc(Br)c2F)c1Br. The van der Waals surface area contributed by atoms with Crippen LogP contribution in [0, 0.1) is 5.82 Å². The van der Waals surface area contributed by atoms with Gasteiger partial charge >= 0.3 is 0 Å². The molecule has 0 radical (unpaired) electrons. The fourth-order valence-corrected chi connectivity index (χ4v) is 1.86. The standard InChI is InChI=1S/C9H5Br2FN2O/c10-5-3-1-2-4(7(5)12)8-6(11)9(13)14-15-8/h1-3H,(H2,13,14). The van der Waals surface area contributed by atoms with Crippen molar-refractivity contribution in [1.29, 1.82) is 0 Å². The Hall–Kier alpha value is -0.880. The van der Waals surface area contributed by atoms with Crippen molar-refractivity contribution in [2.75, 3.05) is 5.73 Å². The average molecular weight is 336 g/mol. The molecule has 0 unspecified atom stereocenters. The first-order valence-corrected chi connectivity index (χ1v) is 5.55. The zero-order valence-corrected chi connectivity index (χ0v) is 10.5. The summed E-state index contributed by atoms with van der Waals surface area (Å²) >= 11 is 6.27. The van der Waals surface area contributed by atoms with E-state index in [0.29, 0.717) is 14.5 Å². The Balaban J connectivity index is 2.64. The van der Waals surface area contributed by atoms with Gasteiger partial charge in [0, 0.05) is 0 Å². The van der Waals surface area contributed by atoms with Gasteiger partial charge in [0.1, 0.15) is 10.3 Å². The minimum absolute atomic E-state index is 0.198. The van der Waals surface area contributed by atoms with E-state index < -0.39 is 5.82 Å². The van der Waals surface area contributed by atoms with Crippen LogP contribution in [0.15, 0.2) is 31.7 Å². The maximum Gasteiger partial charge on any atom is 0.186 e. The van der Waals surface area contributed by atoms with Crippen LogP contribution in [-0.2, 0) is 0 Å². The highest BCUT2D eigenvalue weighted by Crippen LogP contribution is 2.35. The third-order valence-electron chi connectivity index (χ3n) is 1.86. The lowest BCUT2D eigenvalue weighted by Crippen LogP contribution is -1.86. The van der Waals surface area contributed by atoms with Crippen LogP contribution in [0.25, 0.3) is 11.3 Å². The Morgan fingerprint density at radius 3 is 2.67 bits per heavy atom. The molecule has 0 spiro atoms. The van der Waals surface area contributed by atoms with Crippen LogP contribution in [0.5, 0.6) is 0 Å². The third-order valence-corrected chi connectivity index (χ3v) is 3.23. The predicted octanol–water partition coefficient (Wildman–Crippen LogP) is 3.59. The van der Waals surface area contributed by atoms with Gasteiger partial charge in [-0.25, -0.2) is 4.39 Å². The molecule has 0 saturated carbocycles. The maximum atomic E-state index is 13.7. The summed E-state index contributed by atoms with van der Waals surface area (Å²) in [4.78, 5) is 0. The molecule has 0 fully saturated rings. The molecule has 15 heavy (non-hydrogen) atoms. The lowest BCUT2D eigenvalue weighted by molar-refractivity contribution is 0.432. The van der Waals surface area contributed by atoms with Crippen molar-refractivity contribution in [3.05, 3.63) is 33.0 Å². The van der Waals surface area contributed by atoms with Crippen LogP contribution in [0.2, 0.25) is 0 Å². The molecule has 0 aliphatic rings. The van der Waals surface area contributed by atoms with Gasteiger partial charge in [0.15, 0.2) is 11.6 Å². The molecular weight excluding hydrogens is 331 g/mol. The number of nitrogen functional groups attached to an aromatic ring is 1. The van der Waals surface area contributed by atoms with E-state index in [1.54, 1.807) is 18.2 Å². The summed E-state index contributed by atoms with van der Waals surface area (Å²) in [7, 11) is 0. The van der Waals surface area contributed by atoms with Crippen molar-refractivity contribution >= 4 is 37.7 Å². The molecule has 6 heteroatoms. The second-order valence-corrected chi connectivity index (χ2v) is 4.46. The van der Waals surface area contributed by atoms with Gasteiger partial charge in [-0.1, -0.05) is 11.2 Å². The number of anilines is 1. The van der Waals surface area contributed by atoms with Crippen LogP contribution >= 0.6 is 31.9 Å². The Labute approximate surface area is 102 Å². The fourth-order valence-electron chi connectivity index (χ4n) is 1.14. The normalized spacial score (nSPS) is 10.6. The Kier molecular flexibility index (Phi) is 2.79. The first-order valence-electron chi connectivity index (χ1n) is 3.96. The number of nitrogens with two attached hydrogens (primary N) is 1. The van der Waals surface area contributed by atoms with E-state index in [4.69, 9.17) is 10.3 Å². The quantitative estimate of drug-likeness (QED) is 0.866. The highest BCUT2D eigenvalue weighted by molar-refractivity contribution is 9.11. The average Bonchev–Trinajstić information content (AvgIpc) is 2.53. The van der Waals surface area contributed by atoms with E-state index in [1.807, 2.05) is 0 Å². The van der Waals surface area contributed by atoms with E-state index in [-0.39, 0.29) is 11.6 Å². The number of rotatable bonds is 1. The highest BCUT2D eigenvalue weighted by atomic mass is 79.9. The summed E-state index contributed by atoms with van der Waals surface area (Å²) in [6.45, 7) is 0. The minimum atomic E-state index is -0.408. The number of nitrogens with zero attached hydrogens (tertiary/aromatic N) is 1. The Bertz CT molecular complexity index is 513. The van der Waals surface area contributed by atoms with Gasteiger partial charge in [-0.05, 0) is 44.0 Å². The maximum absolute atomic E-state index is 13.7. The molecule has 0 aliphatic carbocycles. The van der Waals surface area contributed by atoms with E-state index in [2.05, 4.69) is 37.0 Å². The molecule has 3 nitrogen and oxygen atoms in total. The van der Waals surface area contributed by atoms with Crippen molar-refractivity contribution in [1.82, 2.24) is 5.16 Å². The van der Waals surface area contributed by atoms with Gasteiger partial charge in [0.2, 0.25) is 0 Å². The van der Waals surface area contributed by atoms with Crippen molar-refractivity contribution in [2.45, 2.75) is 0 Å². The van der Waals surface area contributed by atoms with E-state index >= 15 is 0 Å². The van der Waals surface area contributed by atoms with E-state index in [0.717, 1.165) is 0 Å². The van der Waals surface area contributed by atoms with Crippen molar-refractivity contribution < 1.29 is 8.91 Å². The molecule has 2 aromatic rings. The van der Waals surface area contributed by atoms with Crippen LogP contribution in [0.4, 0.5) is 10.2 Å². The van der Waals surface area contributed by atoms with Crippen LogP contribution in [0.1, 0.15) is 0 Å². The van der Waals surface area contributed by atoms with E-state index in [1.165, 1.54) is 0 Å². The summed E-state index contributed by atoms with van der Waals surface area (Å²) in [6.07, 6.45) is 0. The minimum Gasteiger partial charge on any atom is -0.380 e. The van der Waals surface area contributed by atoms with E-state index in [9.17, 15) is 4.39 Å². The largest absolute Gasteiger partial charge is 0.380 e. The number of hydrogen-bond donors (Lipinski definition) is 1. The van der Waals surface area contributed by atoms with Gasteiger partial charge in [-0.15, -0.1) is 0 Å². The first-order chi connectivity index (χ1) is 7.11. The van der Waals surface area contributed by atoms with Gasteiger partial charge in [-0.2, -0.15) is 0 Å². The number of aromatic nitrogens is 1. The second-order valence-electron chi connectivity index (χ2n) is 2.81. The topological polar surface area (TPSA) is 52.0 Å². The molecule has 0 saturated heterocycles. The highest BCUT2D eigenvalue weighted by Gasteiger charge is 2.17. The molecule has 0 amide bonds. The van der Waals surface area contributed by atoms with Gasteiger partial charge in [0.25, 0.3) is 0 Å². The van der Waals surface area contributed by atoms with Crippen LogP contribution in [-0.4, -0.2) is 5.16 Å². The Morgan fingerprint density at radius 2 is 2.07 bits per heavy atom. The number of halogens is 3. The molecule has 0 aliphatic heterocycles.